The fraction of sp³-hybridized carbons (Fsp3) is 0.683. The summed E-state index contributed by atoms with van der Waals surface area (Å²) in [5.74, 6) is 1.87. The van der Waals surface area contributed by atoms with Crippen molar-refractivity contribution in [1.82, 2.24) is 19.4 Å². The van der Waals surface area contributed by atoms with E-state index in [9.17, 15) is 13.2 Å². The molecule has 11 heteroatoms. The Labute approximate surface area is 316 Å². The number of nitrogens with zero attached hydrogens (tertiary/aromatic N) is 4. The van der Waals surface area contributed by atoms with E-state index in [2.05, 4.69) is 43.5 Å². The van der Waals surface area contributed by atoms with Crippen molar-refractivity contribution < 1.29 is 17.9 Å². The van der Waals surface area contributed by atoms with Gasteiger partial charge in [0.1, 0.15) is 5.75 Å². The molecule has 2 aromatic rings. The third-order valence-corrected chi connectivity index (χ3v) is 16.2. The number of carbonyl (C=O) groups excluding carboxylic acids is 1. The predicted octanol–water partition coefficient (Wildman–Crippen LogP) is 5.66. The normalized spacial score (nSPS) is 34.5. The summed E-state index contributed by atoms with van der Waals surface area (Å²) in [6.07, 6.45) is 8.50. The molecule has 4 aliphatic heterocycles. The van der Waals surface area contributed by atoms with Gasteiger partial charge in [-0.15, -0.1) is 0 Å². The Hall–Kier alpha value is -2.37. The number of anilines is 1. The predicted molar refractivity (Wildman–Crippen MR) is 208 cm³/mol. The lowest BCUT2D eigenvalue weighted by molar-refractivity contribution is -0.000936. The highest BCUT2D eigenvalue weighted by Gasteiger charge is 2.45. The van der Waals surface area contributed by atoms with E-state index in [0.29, 0.717) is 36.0 Å². The number of amides is 1. The van der Waals surface area contributed by atoms with Crippen LogP contribution in [0.3, 0.4) is 0 Å². The zero-order valence-electron chi connectivity index (χ0n) is 31.4. The molecule has 52 heavy (non-hydrogen) atoms. The maximum Gasteiger partial charge on any atom is 0.264 e. The van der Waals surface area contributed by atoms with Crippen LogP contribution in [-0.2, 0) is 21.9 Å². The molecule has 8 rings (SSSR count). The molecule has 3 fully saturated rings. The minimum atomic E-state index is -3.87. The Morgan fingerprint density at radius 1 is 0.962 bits per heavy atom. The molecule has 2 saturated heterocycles. The molecule has 0 aromatic heterocycles. The van der Waals surface area contributed by atoms with E-state index in [0.717, 1.165) is 107 Å². The number of piperazine rings is 2. The smallest absolute Gasteiger partial charge is 0.264 e. The number of rotatable bonds is 2. The number of sulfonamides is 1. The minimum absolute atomic E-state index is 0.0576. The van der Waals surface area contributed by atoms with Crippen LogP contribution in [0.1, 0.15) is 80.3 Å². The number of halogens is 1. The second-order valence-corrected chi connectivity index (χ2v) is 19.8. The zero-order valence-corrected chi connectivity index (χ0v) is 32.9. The Balaban J connectivity index is 1.13. The molecule has 0 unspecified atom stereocenters. The first-order chi connectivity index (χ1) is 25.0. The first-order valence-electron chi connectivity index (χ1n) is 20.0. The summed E-state index contributed by atoms with van der Waals surface area (Å²) >= 11 is 6.51. The molecule has 2 aromatic carbocycles. The van der Waals surface area contributed by atoms with Gasteiger partial charge in [0.05, 0.1) is 17.5 Å². The maximum absolute atomic E-state index is 13.6. The van der Waals surface area contributed by atoms with Crippen molar-refractivity contribution in [3.8, 4) is 5.75 Å². The molecular weight excluding hydrogens is 694 g/mol. The third-order valence-electron chi connectivity index (χ3n) is 14.1. The summed E-state index contributed by atoms with van der Waals surface area (Å²) in [6, 6.07) is 12.4. The van der Waals surface area contributed by atoms with E-state index in [-0.39, 0.29) is 11.3 Å². The van der Waals surface area contributed by atoms with Crippen molar-refractivity contribution in [1.29, 1.82) is 0 Å². The molecule has 7 atom stereocenters. The maximum atomic E-state index is 13.6. The summed E-state index contributed by atoms with van der Waals surface area (Å²) in [4.78, 5) is 24.1. The Morgan fingerprint density at radius 2 is 1.81 bits per heavy atom. The molecule has 4 heterocycles. The van der Waals surface area contributed by atoms with Crippen molar-refractivity contribution in [2.75, 3.05) is 77.5 Å². The summed E-state index contributed by atoms with van der Waals surface area (Å²) in [6.45, 7) is 14.0. The Bertz CT molecular complexity index is 1760. The van der Waals surface area contributed by atoms with Crippen molar-refractivity contribution in [2.24, 2.45) is 23.7 Å². The highest BCUT2D eigenvalue weighted by Crippen LogP contribution is 2.48. The van der Waals surface area contributed by atoms with Crippen LogP contribution in [0, 0.1) is 23.7 Å². The van der Waals surface area contributed by atoms with Gasteiger partial charge in [-0.05, 0) is 124 Å². The summed E-state index contributed by atoms with van der Waals surface area (Å²) in [5.41, 5.74) is 3.68. The number of aryl methyl sites for hydroxylation is 1. The molecule has 1 N–H and O–H groups in total. The van der Waals surface area contributed by atoms with Gasteiger partial charge in [0.15, 0.2) is 0 Å². The van der Waals surface area contributed by atoms with Gasteiger partial charge in [0, 0.05) is 80.9 Å². The number of ether oxygens (including phenoxy) is 1. The van der Waals surface area contributed by atoms with Crippen LogP contribution >= 0.6 is 11.6 Å². The van der Waals surface area contributed by atoms with E-state index in [1.54, 1.807) is 13.0 Å². The number of nitrogens with one attached hydrogen (secondary N) is 1. The SMILES string of the molecule is C[C@@H]1[C@@H](C)CCC[C@H](CN2CCN3CCN(C)C[C@@H]3C2)[C@@H]2CC[C@H]2CN2C[C@@]3(CCCc4cc(Cl)ccc43)COc3ccc(cc32)C(=O)NS1(=O)=O. The van der Waals surface area contributed by atoms with E-state index in [1.807, 2.05) is 25.1 Å². The fourth-order valence-corrected chi connectivity index (χ4v) is 12.1. The fourth-order valence-electron chi connectivity index (χ4n) is 10.6. The second-order valence-electron chi connectivity index (χ2n) is 17.3. The summed E-state index contributed by atoms with van der Waals surface area (Å²) in [5, 5.41) is 0.101. The van der Waals surface area contributed by atoms with Gasteiger partial charge < -0.3 is 19.4 Å². The number of likely N-dealkylation sites (N-methyl/N-ethyl adjacent to an activating group) is 1. The van der Waals surface area contributed by atoms with Gasteiger partial charge in [-0.3, -0.25) is 9.69 Å². The monoisotopic (exact) mass is 751 g/mol. The summed E-state index contributed by atoms with van der Waals surface area (Å²) < 4.78 is 36.3. The Kier molecular flexibility index (Phi) is 10.3. The van der Waals surface area contributed by atoms with Gasteiger partial charge >= 0.3 is 0 Å². The molecular formula is C41H58ClN5O4S. The molecule has 2 aliphatic carbocycles. The van der Waals surface area contributed by atoms with Gasteiger partial charge in [-0.25, -0.2) is 13.1 Å². The van der Waals surface area contributed by atoms with Crippen LogP contribution in [0.15, 0.2) is 36.4 Å². The first-order valence-corrected chi connectivity index (χ1v) is 21.9. The van der Waals surface area contributed by atoms with E-state index in [4.69, 9.17) is 16.3 Å². The van der Waals surface area contributed by atoms with Crippen LogP contribution in [-0.4, -0.2) is 113 Å². The molecule has 1 spiro atoms. The summed E-state index contributed by atoms with van der Waals surface area (Å²) in [7, 11) is -1.61. The van der Waals surface area contributed by atoms with Crippen molar-refractivity contribution in [3.63, 3.8) is 0 Å². The number of benzene rings is 2. The van der Waals surface area contributed by atoms with Crippen LogP contribution < -0.4 is 14.4 Å². The lowest BCUT2D eigenvalue weighted by atomic mass is 9.65. The molecule has 2 bridgehead atoms. The van der Waals surface area contributed by atoms with E-state index >= 15 is 0 Å². The molecule has 9 nitrogen and oxygen atoms in total. The average molecular weight is 752 g/mol. The lowest BCUT2D eigenvalue weighted by Crippen LogP contribution is -2.62. The van der Waals surface area contributed by atoms with Crippen LogP contribution in [0.4, 0.5) is 5.69 Å². The van der Waals surface area contributed by atoms with Gasteiger partial charge in [0.2, 0.25) is 10.0 Å². The second kappa shape index (κ2) is 14.7. The van der Waals surface area contributed by atoms with Crippen molar-refractivity contribution in [2.45, 2.75) is 81.9 Å². The molecule has 1 saturated carbocycles. The minimum Gasteiger partial charge on any atom is -0.490 e. The number of hydrogen-bond acceptors (Lipinski definition) is 8. The van der Waals surface area contributed by atoms with Gasteiger partial charge in [-0.2, -0.15) is 0 Å². The molecule has 1 amide bonds. The Morgan fingerprint density at radius 3 is 2.63 bits per heavy atom. The highest BCUT2D eigenvalue weighted by molar-refractivity contribution is 7.90. The van der Waals surface area contributed by atoms with Crippen LogP contribution in [0.5, 0.6) is 5.75 Å². The van der Waals surface area contributed by atoms with E-state index < -0.39 is 21.2 Å². The lowest BCUT2D eigenvalue weighted by Gasteiger charge is -2.50. The standard InChI is InChI=1S/C41H58ClN5O4S/c1-28-6-4-7-32(22-45-17-19-46-18-16-44(3)24-35(46)25-45)36-12-9-33(36)23-47-26-41(15-5-8-30-20-34(42)11-13-37(30)41)27-51-39-14-10-31(21-38(39)47)40(48)43-52(49,50)29(28)2/h10-11,13-14,20-21,28-29,32-33,35-36H,4-9,12,15-19,22-27H2,1-3H3,(H,43,48)/t28-,29+,32+,33-,35+,36-,41-/m0/s1. The topological polar surface area (TPSA) is 85.4 Å². The molecule has 6 aliphatic rings. The van der Waals surface area contributed by atoms with Gasteiger partial charge in [-0.1, -0.05) is 31.0 Å². The van der Waals surface area contributed by atoms with Crippen LogP contribution in [0.2, 0.25) is 5.02 Å². The van der Waals surface area contributed by atoms with Gasteiger partial charge in [0.25, 0.3) is 5.91 Å². The number of fused-ring (bicyclic) bond motifs is 5. The highest BCUT2D eigenvalue weighted by atomic mass is 35.5. The number of hydrogen-bond donors (Lipinski definition) is 1. The molecule has 284 valence electrons. The number of carbonyl (C=O) groups is 1. The zero-order chi connectivity index (χ0) is 36.2. The van der Waals surface area contributed by atoms with E-state index in [1.165, 1.54) is 30.5 Å². The van der Waals surface area contributed by atoms with Crippen molar-refractivity contribution in [3.05, 3.63) is 58.1 Å². The molecule has 0 radical (unpaired) electrons. The van der Waals surface area contributed by atoms with Crippen LogP contribution in [0.25, 0.3) is 0 Å². The largest absolute Gasteiger partial charge is 0.490 e. The average Bonchev–Trinajstić information content (AvgIpc) is 3.25. The van der Waals surface area contributed by atoms with Crippen molar-refractivity contribution >= 4 is 33.2 Å². The third kappa shape index (κ3) is 7.24. The quantitative estimate of drug-likeness (QED) is 0.422. The first kappa shape index (κ1) is 36.6.